The average Bonchev–Trinajstić information content (AvgIpc) is 3.34. The van der Waals surface area contributed by atoms with Crippen LogP contribution >= 0.6 is 11.3 Å². The molecule has 0 fully saturated rings. The molecule has 1 aliphatic heterocycles. The van der Waals surface area contributed by atoms with E-state index in [1.165, 1.54) is 5.38 Å². The van der Waals surface area contributed by atoms with Crippen molar-refractivity contribution in [2.24, 2.45) is 0 Å². The van der Waals surface area contributed by atoms with Crippen LogP contribution in [0.3, 0.4) is 0 Å². The first-order chi connectivity index (χ1) is 16.5. The van der Waals surface area contributed by atoms with Gasteiger partial charge in [-0.05, 0) is 17.4 Å². The fraction of sp³-hybridized carbons (Fsp3) is 0.360. The van der Waals surface area contributed by atoms with Crippen molar-refractivity contribution < 1.29 is 28.8 Å². The van der Waals surface area contributed by atoms with Crippen LogP contribution in [0.1, 0.15) is 82.1 Å². The van der Waals surface area contributed by atoms with E-state index in [0.717, 1.165) is 21.8 Å². The maximum Gasteiger partial charge on any atom is 0.292 e. The zero-order valence-electron chi connectivity index (χ0n) is 20.0. The fourth-order valence-electron chi connectivity index (χ4n) is 3.84. The van der Waals surface area contributed by atoms with Gasteiger partial charge in [0.1, 0.15) is 6.04 Å². The summed E-state index contributed by atoms with van der Waals surface area (Å²) in [5, 5.41) is 6.01. The zero-order chi connectivity index (χ0) is 25.9. The molecule has 3 rings (SSSR count). The fourth-order valence-corrected chi connectivity index (χ4v) is 4.79. The Balaban J connectivity index is 1.73. The number of ketones is 1. The molecular formula is C25H27N3O6S. The van der Waals surface area contributed by atoms with Gasteiger partial charge in [-0.3, -0.25) is 39.0 Å². The van der Waals surface area contributed by atoms with Gasteiger partial charge < -0.3 is 5.32 Å². The second-order valence-corrected chi connectivity index (χ2v) is 10.2. The molecule has 35 heavy (non-hydrogen) atoms. The van der Waals surface area contributed by atoms with E-state index in [9.17, 15) is 28.8 Å². The molecule has 0 saturated heterocycles. The summed E-state index contributed by atoms with van der Waals surface area (Å²) in [6.07, 6.45) is 0.905. The summed E-state index contributed by atoms with van der Waals surface area (Å²) in [4.78, 5) is 75.3. The molecule has 2 heterocycles. The van der Waals surface area contributed by atoms with E-state index >= 15 is 0 Å². The summed E-state index contributed by atoms with van der Waals surface area (Å²) in [7, 11) is 0. The van der Waals surface area contributed by atoms with E-state index in [1.807, 2.05) is 26.1 Å². The van der Waals surface area contributed by atoms with Gasteiger partial charge in [0.2, 0.25) is 18.1 Å². The Morgan fingerprint density at radius 1 is 1.09 bits per heavy atom. The molecular weight excluding hydrogens is 470 g/mol. The molecule has 2 aromatic rings. The van der Waals surface area contributed by atoms with Gasteiger partial charge in [-0.15, -0.1) is 11.3 Å². The van der Waals surface area contributed by atoms with E-state index < -0.39 is 35.5 Å². The number of carbonyl (C=O) groups excluding carboxylic acids is 6. The molecule has 0 saturated carbocycles. The molecule has 2 N–H and O–H groups in total. The molecule has 9 nitrogen and oxygen atoms in total. The lowest BCUT2D eigenvalue weighted by molar-refractivity contribution is -0.128. The lowest BCUT2D eigenvalue weighted by atomic mass is 9.86. The van der Waals surface area contributed by atoms with Crippen molar-refractivity contribution in [3.63, 3.8) is 0 Å². The van der Waals surface area contributed by atoms with Crippen LogP contribution in [0.15, 0.2) is 29.6 Å². The summed E-state index contributed by atoms with van der Waals surface area (Å²) in [5.41, 5.74) is 1.41. The first-order valence-electron chi connectivity index (χ1n) is 11.2. The van der Waals surface area contributed by atoms with Gasteiger partial charge in [0.15, 0.2) is 0 Å². The number of fused-ring (bicyclic) bond motifs is 1. The number of benzene rings is 1. The molecule has 10 heteroatoms. The number of nitrogens with zero attached hydrogens (tertiary/aromatic N) is 1. The maximum absolute atomic E-state index is 13.1. The number of nitrogens with one attached hydrogen (secondary N) is 2. The highest BCUT2D eigenvalue weighted by Crippen LogP contribution is 2.33. The molecule has 184 valence electrons. The highest BCUT2D eigenvalue weighted by atomic mass is 32.1. The van der Waals surface area contributed by atoms with Crippen LogP contribution in [0.2, 0.25) is 0 Å². The normalized spacial score (nSPS) is 13.9. The zero-order valence-corrected chi connectivity index (χ0v) is 20.8. The minimum absolute atomic E-state index is 0.0920. The topological polar surface area (TPSA) is 130 Å². The van der Waals surface area contributed by atoms with Gasteiger partial charge in [0.25, 0.3) is 17.7 Å². The van der Waals surface area contributed by atoms with Crippen LogP contribution in [0.5, 0.6) is 0 Å². The number of amides is 5. The molecule has 5 amide bonds. The van der Waals surface area contributed by atoms with Crippen molar-refractivity contribution in [3.8, 4) is 0 Å². The SMILES string of the molecule is CCCC(C(=O)NC=O)N1C(=O)c2csc(CNC(=O)C(=O)c3ccc(C(C)(C)C)cc3)c2C1=O. The Morgan fingerprint density at radius 3 is 2.31 bits per heavy atom. The van der Waals surface area contributed by atoms with Crippen molar-refractivity contribution in [2.45, 2.75) is 58.5 Å². The third kappa shape index (κ3) is 5.22. The molecule has 1 atom stereocenters. The summed E-state index contributed by atoms with van der Waals surface area (Å²) in [5.74, 6) is -3.59. The molecule has 1 aromatic heterocycles. The van der Waals surface area contributed by atoms with Crippen LogP contribution in [-0.2, 0) is 26.3 Å². The van der Waals surface area contributed by atoms with E-state index in [-0.39, 0.29) is 41.5 Å². The number of carbonyl (C=O) groups is 6. The van der Waals surface area contributed by atoms with Crippen molar-refractivity contribution in [2.75, 3.05) is 0 Å². The summed E-state index contributed by atoms with van der Waals surface area (Å²) in [6.45, 7) is 7.79. The minimum Gasteiger partial charge on any atom is -0.344 e. The molecule has 1 aliphatic rings. The van der Waals surface area contributed by atoms with E-state index in [0.29, 0.717) is 11.3 Å². The van der Waals surface area contributed by atoms with Gasteiger partial charge in [-0.2, -0.15) is 0 Å². The summed E-state index contributed by atoms with van der Waals surface area (Å²) >= 11 is 1.11. The highest BCUT2D eigenvalue weighted by Gasteiger charge is 2.44. The first kappa shape index (κ1) is 26.0. The summed E-state index contributed by atoms with van der Waals surface area (Å²) in [6, 6.07) is 5.69. The number of hydrogen-bond donors (Lipinski definition) is 2. The first-order valence-corrected chi connectivity index (χ1v) is 12.0. The molecule has 0 aliphatic carbocycles. The maximum atomic E-state index is 13.1. The van der Waals surface area contributed by atoms with E-state index in [1.54, 1.807) is 31.2 Å². The van der Waals surface area contributed by atoms with Crippen LogP contribution in [0, 0.1) is 0 Å². The summed E-state index contributed by atoms with van der Waals surface area (Å²) < 4.78 is 0. The molecule has 0 spiro atoms. The van der Waals surface area contributed by atoms with Crippen LogP contribution < -0.4 is 10.6 Å². The number of rotatable bonds is 9. The molecule has 0 bridgehead atoms. The monoisotopic (exact) mass is 497 g/mol. The van der Waals surface area contributed by atoms with Crippen LogP contribution in [0.25, 0.3) is 0 Å². The Labute approximate surface area is 206 Å². The van der Waals surface area contributed by atoms with Gasteiger partial charge in [0.05, 0.1) is 17.7 Å². The molecule has 1 unspecified atom stereocenters. The Bertz CT molecular complexity index is 1190. The smallest absolute Gasteiger partial charge is 0.292 e. The molecule has 1 aromatic carbocycles. The van der Waals surface area contributed by atoms with E-state index in [2.05, 4.69) is 5.32 Å². The predicted molar refractivity (Wildman–Crippen MR) is 129 cm³/mol. The number of hydrogen-bond acceptors (Lipinski definition) is 7. The van der Waals surface area contributed by atoms with Crippen LogP contribution in [-0.4, -0.2) is 46.8 Å². The van der Waals surface area contributed by atoms with Crippen molar-refractivity contribution in [3.05, 3.63) is 56.8 Å². The van der Waals surface area contributed by atoms with Crippen molar-refractivity contribution in [1.82, 2.24) is 15.5 Å². The van der Waals surface area contributed by atoms with Gasteiger partial charge >= 0.3 is 0 Å². The van der Waals surface area contributed by atoms with Gasteiger partial charge in [-0.25, -0.2) is 0 Å². The predicted octanol–water partition coefficient (Wildman–Crippen LogP) is 2.58. The Kier molecular flexibility index (Phi) is 7.64. The minimum atomic E-state index is -1.12. The molecule has 0 radical (unpaired) electrons. The number of imide groups is 2. The number of Topliss-reactive ketones (excluding diaryl/α,β-unsaturated/α-hetero) is 1. The Hall–Kier alpha value is -3.66. The van der Waals surface area contributed by atoms with Crippen molar-refractivity contribution >= 4 is 47.2 Å². The lowest BCUT2D eigenvalue weighted by Gasteiger charge is -2.24. The van der Waals surface area contributed by atoms with E-state index in [4.69, 9.17) is 0 Å². The Morgan fingerprint density at radius 2 is 1.74 bits per heavy atom. The second kappa shape index (κ2) is 10.3. The lowest BCUT2D eigenvalue weighted by Crippen LogP contribution is -2.49. The van der Waals surface area contributed by atoms with Crippen LogP contribution in [0.4, 0.5) is 0 Å². The number of thiophene rings is 1. The highest BCUT2D eigenvalue weighted by molar-refractivity contribution is 7.10. The third-order valence-electron chi connectivity index (χ3n) is 5.76. The quantitative estimate of drug-likeness (QED) is 0.237. The van der Waals surface area contributed by atoms with Gasteiger partial charge in [0, 0.05) is 15.8 Å². The second-order valence-electron chi connectivity index (χ2n) is 9.20. The third-order valence-corrected chi connectivity index (χ3v) is 6.74. The standard InChI is InChI=1S/C25H27N3O6S/c1-5-6-17(21(31)27-13-29)28-23(33)16-12-35-18(19(16)24(28)34)11-26-22(32)20(30)14-7-9-15(10-8-14)25(2,3)4/h7-10,12-13,17H,5-6,11H2,1-4H3,(H,26,32)(H,27,29,31). The van der Waals surface area contributed by atoms with Gasteiger partial charge in [-0.1, -0.05) is 58.4 Å². The largest absolute Gasteiger partial charge is 0.344 e. The van der Waals surface area contributed by atoms with Crippen molar-refractivity contribution in [1.29, 1.82) is 0 Å². The average molecular weight is 498 g/mol.